The fourth-order valence-corrected chi connectivity index (χ4v) is 4.10. The van der Waals surface area contributed by atoms with E-state index in [9.17, 15) is 14.7 Å². The first-order valence-electron chi connectivity index (χ1n) is 8.14. The molecule has 1 saturated carbocycles. The zero-order valence-corrected chi connectivity index (χ0v) is 12.6. The highest BCUT2D eigenvalue weighted by Gasteiger charge is 2.47. The number of carboxylic acids is 1. The number of aliphatic carboxylic acids is 1. The lowest BCUT2D eigenvalue weighted by atomic mass is 9.66. The molecule has 3 aliphatic rings. The normalized spacial score (nSPS) is 27.1. The number of hydrogen-bond acceptors (Lipinski definition) is 3. The summed E-state index contributed by atoms with van der Waals surface area (Å²) in [5.74, 6) is -0.748. The van der Waals surface area contributed by atoms with E-state index in [1.54, 1.807) is 0 Å². The van der Waals surface area contributed by atoms with Gasteiger partial charge < -0.3 is 14.7 Å². The van der Waals surface area contributed by atoms with E-state index in [0.29, 0.717) is 12.8 Å². The van der Waals surface area contributed by atoms with Crippen molar-refractivity contribution in [3.05, 3.63) is 0 Å². The molecule has 2 heterocycles. The molecule has 0 bridgehead atoms. The van der Waals surface area contributed by atoms with Crippen LogP contribution >= 0.6 is 0 Å². The predicted molar refractivity (Wildman–Crippen MR) is 76.8 cm³/mol. The summed E-state index contributed by atoms with van der Waals surface area (Å²) in [6.07, 6.45) is 6.69. The van der Waals surface area contributed by atoms with E-state index >= 15 is 0 Å². The van der Waals surface area contributed by atoms with Crippen molar-refractivity contribution in [2.45, 2.75) is 51.4 Å². The summed E-state index contributed by atoms with van der Waals surface area (Å²) in [5, 5.41) is 9.39. The molecule has 3 fully saturated rings. The molecule has 2 aliphatic heterocycles. The first-order valence-corrected chi connectivity index (χ1v) is 8.14. The van der Waals surface area contributed by atoms with Crippen molar-refractivity contribution in [2.24, 2.45) is 10.8 Å². The number of rotatable bonds is 3. The van der Waals surface area contributed by atoms with Crippen molar-refractivity contribution in [3.63, 3.8) is 0 Å². The molecule has 0 unspecified atom stereocenters. The maximum Gasteiger partial charge on any atom is 0.310 e. The van der Waals surface area contributed by atoms with Gasteiger partial charge in [0.25, 0.3) is 0 Å². The van der Waals surface area contributed by atoms with E-state index in [1.807, 2.05) is 4.90 Å². The highest BCUT2D eigenvalue weighted by atomic mass is 16.5. The molecule has 5 heteroatoms. The van der Waals surface area contributed by atoms with Gasteiger partial charge in [0.15, 0.2) is 0 Å². The molecule has 5 nitrogen and oxygen atoms in total. The number of carboxylic acid groups (broad SMARTS) is 1. The van der Waals surface area contributed by atoms with Crippen LogP contribution in [0.4, 0.5) is 0 Å². The SMILES string of the molecule is O=C(CC1(C(=O)O)CCC1)N1CCCC2(CCOCC2)C1. The molecule has 0 radical (unpaired) electrons. The average molecular weight is 295 g/mol. The Morgan fingerprint density at radius 2 is 1.76 bits per heavy atom. The third-order valence-corrected chi connectivity index (χ3v) is 5.82. The minimum absolute atomic E-state index is 0.0441. The summed E-state index contributed by atoms with van der Waals surface area (Å²) in [4.78, 5) is 25.9. The quantitative estimate of drug-likeness (QED) is 0.865. The number of piperidine rings is 1. The molecule has 1 amide bonds. The van der Waals surface area contributed by atoms with Gasteiger partial charge in [-0.1, -0.05) is 6.42 Å². The molecule has 0 aromatic heterocycles. The van der Waals surface area contributed by atoms with Crippen molar-refractivity contribution in [2.75, 3.05) is 26.3 Å². The molecule has 1 N–H and O–H groups in total. The summed E-state index contributed by atoms with van der Waals surface area (Å²) >= 11 is 0. The third kappa shape index (κ3) is 2.80. The zero-order chi connectivity index (χ0) is 14.9. The fourth-order valence-electron chi connectivity index (χ4n) is 4.10. The van der Waals surface area contributed by atoms with Gasteiger partial charge in [0.2, 0.25) is 5.91 Å². The molecular formula is C16H25NO4. The van der Waals surface area contributed by atoms with E-state index in [4.69, 9.17) is 4.74 Å². The molecule has 3 rings (SSSR count). The Hall–Kier alpha value is -1.10. The van der Waals surface area contributed by atoms with Gasteiger partial charge in [-0.25, -0.2) is 0 Å². The topological polar surface area (TPSA) is 66.8 Å². The fraction of sp³-hybridized carbons (Fsp3) is 0.875. The second kappa shape index (κ2) is 5.59. The molecule has 0 atom stereocenters. The number of nitrogens with zero attached hydrogens (tertiary/aromatic N) is 1. The van der Waals surface area contributed by atoms with Crippen molar-refractivity contribution in [1.82, 2.24) is 4.90 Å². The van der Waals surface area contributed by atoms with Crippen LogP contribution < -0.4 is 0 Å². The van der Waals surface area contributed by atoms with Crippen LogP contribution in [-0.4, -0.2) is 48.2 Å². The number of amides is 1. The number of carbonyl (C=O) groups excluding carboxylic acids is 1. The van der Waals surface area contributed by atoms with E-state index in [0.717, 1.165) is 52.0 Å². The lowest BCUT2D eigenvalue weighted by Crippen LogP contribution is -2.50. The Morgan fingerprint density at radius 1 is 1.05 bits per heavy atom. The zero-order valence-electron chi connectivity index (χ0n) is 12.6. The van der Waals surface area contributed by atoms with Gasteiger partial charge in [-0.3, -0.25) is 9.59 Å². The first-order chi connectivity index (χ1) is 10.1. The molecule has 21 heavy (non-hydrogen) atoms. The van der Waals surface area contributed by atoms with Crippen LogP contribution in [0.2, 0.25) is 0 Å². The summed E-state index contributed by atoms with van der Waals surface area (Å²) in [6.45, 7) is 3.17. The van der Waals surface area contributed by atoms with Gasteiger partial charge in [-0.15, -0.1) is 0 Å². The highest BCUT2D eigenvalue weighted by molar-refractivity contribution is 5.85. The second-order valence-electron chi connectivity index (χ2n) is 7.15. The molecule has 118 valence electrons. The van der Waals surface area contributed by atoms with Crippen molar-refractivity contribution >= 4 is 11.9 Å². The summed E-state index contributed by atoms with van der Waals surface area (Å²) < 4.78 is 5.45. The van der Waals surface area contributed by atoms with Crippen molar-refractivity contribution in [1.29, 1.82) is 0 Å². The Labute approximate surface area is 125 Å². The number of likely N-dealkylation sites (tertiary alicyclic amines) is 1. The lowest BCUT2D eigenvalue weighted by molar-refractivity contribution is -0.160. The molecule has 1 spiro atoms. The average Bonchev–Trinajstić information content (AvgIpc) is 2.43. The van der Waals surface area contributed by atoms with Crippen LogP contribution in [0.15, 0.2) is 0 Å². The van der Waals surface area contributed by atoms with Crippen LogP contribution in [0.5, 0.6) is 0 Å². The minimum Gasteiger partial charge on any atom is -0.481 e. The van der Waals surface area contributed by atoms with Crippen molar-refractivity contribution in [3.8, 4) is 0 Å². The number of ether oxygens (including phenoxy) is 1. The van der Waals surface area contributed by atoms with Gasteiger partial charge in [-0.05, 0) is 43.9 Å². The van der Waals surface area contributed by atoms with Crippen LogP contribution in [0.1, 0.15) is 51.4 Å². The predicted octanol–water partition coefficient (Wildman–Crippen LogP) is 2.05. The maximum absolute atomic E-state index is 12.6. The van der Waals surface area contributed by atoms with Crippen LogP contribution in [0, 0.1) is 10.8 Å². The molecule has 0 aromatic carbocycles. The molecule has 0 aromatic rings. The van der Waals surface area contributed by atoms with Gasteiger partial charge >= 0.3 is 5.97 Å². The summed E-state index contributed by atoms with van der Waals surface area (Å²) in [5.41, 5.74) is -0.542. The van der Waals surface area contributed by atoms with E-state index in [1.165, 1.54) is 6.42 Å². The lowest BCUT2D eigenvalue weighted by Gasteiger charge is -2.46. The Morgan fingerprint density at radius 3 is 2.33 bits per heavy atom. The third-order valence-electron chi connectivity index (χ3n) is 5.82. The van der Waals surface area contributed by atoms with Crippen LogP contribution in [-0.2, 0) is 14.3 Å². The molecular weight excluding hydrogens is 270 g/mol. The Kier molecular flexibility index (Phi) is 3.95. The monoisotopic (exact) mass is 295 g/mol. The number of carbonyl (C=O) groups is 2. The summed E-state index contributed by atoms with van der Waals surface area (Å²) in [6, 6.07) is 0. The highest BCUT2D eigenvalue weighted by Crippen LogP contribution is 2.45. The van der Waals surface area contributed by atoms with E-state index < -0.39 is 11.4 Å². The van der Waals surface area contributed by atoms with E-state index in [-0.39, 0.29) is 17.7 Å². The Balaban J connectivity index is 1.63. The Bertz CT molecular complexity index is 418. The molecule has 1 aliphatic carbocycles. The van der Waals surface area contributed by atoms with Gasteiger partial charge in [0.05, 0.1) is 5.41 Å². The van der Waals surface area contributed by atoms with Crippen molar-refractivity contribution < 1.29 is 19.4 Å². The van der Waals surface area contributed by atoms with E-state index in [2.05, 4.69) is 0 Å². The van der Waals surface area contributed by atoms with Crippen LogP contribution in [0.25, 0.3) is 0 Å². The number of hydrogen-bond donors (Lipinski definition) is 1. The van der Waals surface area contributed by atoms with Crippen LogP contribution in [0.3, 0.4) is 0 Å². The smallest absolute Gasteiger partial charge is 0.310 e. The maximum atomic E-state index is 12.6. The first kappa shape index (κ1) is 14.8. The second-order valence-corrected chi connectivity index (χ2v) is 7.15. The largest absolute Gasteiger partial charge is 0.481 e. The molecule has 2 saturated heterocycles. The van der Waals surface area contributed by atoms with Gasteiger partial charge in [-0.2, -0.15) is 0 Å². The standard InChI is InChI=1S/C16H25NO4/c18-13(11-16(14(19)20)4-1-5-16)17-8-2-3-15(12-17)6-9-21-10-7-15/h1-12H2,(H,19,20). The van der Waals surface area contributed by atoms with Gasteiger partial charge in [0.1, 0.15) is 0 Å². The minimum atomic E-state index is -0.792. The van der Waals surface area contributed by atoms with Gasteiger partial charge in [0, 0.05) is 32.7 Å². The summed E-state index contributed by atoms with van der Waals surface area (Å²) in [7, 11) is 0.